The summed E-state index contributed by atoms with van der Waals surface area (Å²) in [6.07, 6.45) is -3.82. The number of hydrogen-bond donors (Lipinski definition) is 4. The summed E-state index contributed by atoms with van der Waals surface area (Å²) in [6.45, 7) is 2.17. The van der Waals surface area contributed by atoms with Crippen LogP contribution in [-0.2, 0) is 42.4 Å². The maximum Gasteiger partial charge on any atom is 0.330 e. The molecule has 1 aromatic rings. The lowest BCUT2D eigenvalue weighted by Crippen LogP contribution is -2.34. The second-order valence-electron chi connectivity index (χ2n) is 9.31. The van der Waals surface area contributed by atoms with E-state index in [1.54, 1.807) is 13.8 Å². The van der Waals surface area contributed by atoms with Gasteiger partial charge in [0.1, 0.15) is 43.6 Å². The highest BCUT2D eigenvalue weighted by Crippen LogP contribution is 2.31. The number of hydrogen-bond acceptors (Lipinski definition) is 16. The lowest BCUT2D eigenvalue weighted by Gasteiger charge is -2.30. The van der Waals surface area contributed by atoms with Gasteiger partial charge >= 0.3 is 11.7 Å². The molecule has 1 aromatic heterocycles. The van der Waals surface area contributed by atoms with Crippen LogP contribution in [0.25, 0.3) is 20.9 Å². The largest absolute Gasteiger partial charge is 0.790 e. The van der Waals surface area contributed by atoms with Gasteiger partial charge in [0.2, 0.25) is 5.91 Å². The van der Waals surface area contributed by atoms with Crippen LogP contribution in [0.4, 0.5) is 0 Å². The van der Waals surface area contributed by atoms with E-state index in [1.165, 1.54) is 0 Å². The molecule has 2 heterocycles. The molecule has 24 nitrogen and oxygen atoms in total. The van der Waals surface area contributed by atoms with E-state index in [-0.39, 0.29) is 65.6 Å². The molecule has 2 rings (SSSR count). The highest BCUT2D eigenvalue weighted by atomic mass is 31.2. The molecular weight excluding hydrogens is 697 g/mol. The van der Waals surface area contributed by atoms with Gasteiger partial charge in [0.05, 0.1) is 53.5 Å². The summed E-state index contributed by atoms with van der Waals surface area (Å²) in [5.41, 5.74) is 14.4. The van der Waals surface area contributed by atoms with E-state index in [9.17, 15) is 38.6 Å². The molecule has 1 saturated heterocycles. The maximum atomic E-state index is 12.2. The number of H-pyrrole nitrogens is 1. The maximum absolute atomic E-state index is 12.2. The number of aliphatic carboxylic acids is 1. The third-order valence-corrected chi connectivity index (χ3v) is 6.00. The van der Waals surface area contributed by atoms with Crippen LogP contribution in [0.1, 0.15) is 39.5 Å². The first kappa shape index (κ1) is 45.7. The van der Waals surface area contributed by atoms with Crippen LogP contribution >= 0.6 is 7.82 Å². The van der Waals surface area contributed by atoms with Gasteiger partial charge in [-0.05, 0) is 24.9 Å². The van der Waals surface area contributed by atoms with Crippen molar-refractivity contribution in [2.24, 2.45) is 10.2 Å². The SMILES string of the molecule is C.CC(N=[N+]=[N-])OCCOCC(=O)NCC#Cc1cn(C2CC(O)C(COP(=O)([O-])[O-])O2)c(=O)[nH]c1=O.CC(N=[N+]=[N-])OCCOCC(=O)O. The quantitative estimate of drug-likeness (QED) is 0.0316. The Bertz CT molecular complexity index is 1540. The third kappa shape index (κ3) is 20.2. The summed E-state index contributed by atoms with van der Waals surface area (Å²) < 4.78 is 40.8. The van der Waals surface area contributed by atoms with E-state index in [4.69, 9.17) is 35.1 Å². The fourth-order valence-corrected chi connectivity index (χ4v) is 3.74. The number of aromatic amines is 1. The average Bonchev–Trinajstić information content (AvgIpc) is 3.38. The number of aromatic nitrogens is 2. The fraction of sp³-hybridized carbons (Fsp3) is 0.680. The smallest absolute Gasteiger partial charge is 0.330 e. The van der Waals surface area contributed by atoms with E-state index < -0.39 is 68.4 Å². The number of nitrogens with one attached hydrogen (secondary N) is 2. The van der Waals surface area contributed by atoms with Gasteiger partial charge in [-0.2, -0.15) is 0 Å². The molecule has 1 aliphatic heterocycles. The Kier molecular flexibility index (Phi) is 22.6. The summed E-state index contributed by atoms with van der Waals surface area (Å²) in [7, 11) is -5.28. The minimum Gasteiger partial charge on any atom is -0.790 e. The first-order valence-corrected chi connectivity index (χ1v) is 15.4. The van der Waals surface area contributed by atoms with E-state index in [0.717, 1.165) is 10.8 Å². The number of ether oxygens (including phenoxy) is 5. The van der Waals surface area contributed by atoms with E-state index >= 15 is 0 Å². The Morgan fingerprint density at radius 2 is 1.72 bits per heavy atom. The van der Waals surface area contributed by atoms with Gasteiger partial charge < -0.3 is 58.1 Å². The Labute approximate surface area is 284 Å². The summed E-state index contributed by atoms with van der Waals surface area (Å²) in [5, 5.41) is 27.2. The number of aliphatic hydroxyl groups excluding tert-OH is 1. The van der Waals surface area contributed by atoms with E-state index in [1.807, 2.05) is 4.98 Å². The summed E-state index contributed by atoms with van der Waals surface area (Å²) >= 11 is 0. The topological polar surface area (TPSA) is 358 Å². The van der Waals surface area contributed by atoms with Crippen LogP contribution in [0.2, 0.25) is 0 Å². The molecule has 0 aromatic carbocycles. The number of amides is 1. The molecule has 0 aliphatic carbocycles. The molecule has 0 saturated carbocycles. The number of nitrogens with zero attached hydrogens (tertiary/aromatic N) is 7. The van der Waals surface area contributed by atoms with Gasteiger partial charge in [-0.15, -0.1) is 0 Å². The number of carbonyl (C=O) groups excluding carboxylic acids is 1. The highest BCUT2D eigenvalue weighted by Gasteiger charge is 2.36. The van der Waals surface area contributed by atoms with Crippen LogP contribution in [0.15, 0.2) is 26.0 Å². The van der Waals surface area contributed by atoms with Crippen LogP contribution in [0.3, 0.4) is 0 Å². The van der Waals surface area contributed by atoms with Crippen molar-refractivity contribution in [2.75, 3.05) is 52.8 Å². The number of phosphoric acid groups is 1. The lowest BCUT2D eigenvalue weighted by molar-refractivity contribution is -0.343. The standard InChI is InChI=1S/C18H25N6O11P.C6H11N3O4.CH4/c1-11(22-23-19)33-6-5-32-10-15(26)20-4-2-3-12-8-24(18(28)21-17(12)27)16-7-13(25)14(35-16)9-34-36(29,30)31;1-5(8-9-7)13-3-2-12-4-6(10)11;/h8,11,13-14,16,25H,4-7,9-10H2,1H3,(H,20,26)(H,21,27,28)(H2,29,30,31);5H,2-4H2,1H3,(H,10,11);1H4/p-2. The van der Waals surface area contributed by atoms with Crippen molar-refractivity contribution in [3.05, 3.63) is 53.5 Å². The van der Waals surface area contributed by atoms with Gasteiger partial charge in [0, 0.05) is 22.4 Å². The number of carboxylic acids is 1. The molecule has 50 heavy (non-hydrogen) atoms. The van der Waals surface area contributed by atoms with Crippen LogP contribution in [0, 0.1) is 11.8 Å². The van der Waals surface area contributed by atoms with Gasteiger partial charge in [0.15, 0.2) is 0 Å². The van der Waals surface area contributed by atoms with Crippen molar-refractivity contribution in [1.82, 2.24) is 14.9 Å². The first-order chi connectivity index (χ1) is 23.2. The first-order valence-electron chi connectivity index (χ1n) is 14.0. The molecule has 5 atom stereocenters. The average molecular weight is 736 g/mol. The van der Waals surface area contributed by atoms with Crippen LogP contribution < -0.4 is 26.4 Å². The molecule has 4 N–H and O–H groups in total. The van der Waals surface area contributed by atoms with Crippen molar-refractivity contribution < 1.29 is 62.4 Å². The zero-order chi connectivity index (χ0) is 36.8. The molecule has 0 bridgehead atoms. The number of azide groups is 2. The molecule has 1 fully saturated rings. The third-order valence-electron chi connectivity index (χ3n) is 5.54. The molecule has 5 unspecified atom stereocenters. The van der Waals surface area contributed by atoms with Gasteiger partial charge in [0.25, 0.3) is 5.56 Å². The zero-order valence-electron chi connectivity index (χ0n) is 26.1. The van der Waals surface area contributed by atoms with Gasteiger partial charge in [-0.3, -0.25) is 19.1 Å². The predicted octanol–water partition coefficient (Wildman–Crippen LogP) is -1.42. The second kappa shape index (κ2) is 24.7. The van der Waals surface area contributed by atoms with Crippen molar-refractivity contribution in [1.29, 1.82) is 0 Å². The van der Waals surface area contributed by atoms with Gasteiger partial charge in [-0.25, -0.2) is 9.59 Å². The minimum atomic E-state index is -5.28. The van der Waals surface area contributed by atoms with Crippen molar-refractivity contribution in [2.45, 2.75) is 58.6 Å². The molecule has 1 aliphatic rings. The minimum absolute atomic E-state index is 0. The molecule has 1 amide bonds. The summed E-state index contributed by atoms with van der Waals surface area (Å²) in [6, 6.07) is 0. The number of phosphoric ester groups is 1. The monoisotopic (exact) mass is 735 g/mol. The fourth-order valence-electron chi connectivity index (χ4n) is 3.41. The van der Waals surface area contributed by atoms with Gasteiger partial charge in [-0.1, -0.05) is 29.5 Å². The molecule has 0 radical (unpaired) electrons. The number of carbonyl (C=O) groups is 2. The van der Waals surface area contributed by atoms with Crippen molar-refractivity contribution >= 4 is 19.7 Å². The highest BCUT2D eigenvalue weighted by molar-refractivity contribution is 7.43. The van der Waals surface area contributed by atoms with E-state index in [0.29, 0.717) is 0 Å². The lowest BCUT2D eigenvalue weighted by atomic mass is 10.2. The summed E-state index contributed by atoms with van der Waals surface area (Å²) in [5.74, 6) is 3.52. The zero-order valence-corrected chi connectivity index (χ0v) is 27.0. The number of carboxylic acid groups (broad SMARTS) is 1. The van der Waals surface area contributed by atoms with Crippen molar-refractivity contribution in [3.63, 3.8) is 0 Å². The Balaban J connectivity index is 0.00000145. The number of rotatable bonds is 19. The summed E-state index contributed by atoms with van der Waals surface area (Å²) in [4.78, 5) is 74.3. The normalized spacial score (nSPS) is 17.6. The molecular formula is C25H38N9O15P-2. The van der Waals surface area contributed by atoms with Crippen molar-refractivity contribution in [3.8, 4) is 11.8 Å². The second-order valence-corrected chi connectivity index (χ2v) is 10.5. The Morgan fingerprint density at radius 1 is 1.14 bits per heavy atom. The predicted molar refractivity (Wildman–Crippen MR) is 164 cm³/mol. The van der Waals surface area contributed by atoms with Crippen LogP contribution in [-0.4, -0.2) is 109 Å². The van der Waals surface area contributed by atoms with Crippen LogP contribution in [0.5, 0.6) is 0 Å². The Hall–Kier alpha value is -4.33. The molecule has 280 valence electrons. The van der Waals surface area contributed by atoms with E-state index in [2.05, 4.69) is 46.5 Å². The molecule has 0 spiro atoms. The number of aliphatic hydroxyl groups is 1. The Morgan fingerprint density at radius 3 is 2.26 bits per heavy atom. The molecule has 25 heteroatoms.